The average Bonchev–Trinajstić information content (AvgIpc) is 3.29. The van der Waals surface area contributed by atoms with Crippen molar-refractivity contribution in [2.24, 2.45) is 0 Å². The lowest BCUT2D eigenvalue weighted by atomic mass is 9.12. The van der Waals surface area contributed by atoms with Gasteiger partial charge in [-0.25, -0.2) is 0 Å². The van der Waals surface area contributed by atoms with E-state index in [0.29, 0.717) is 11.9 Å². The van der Waals surface area contributed by atoms with Crippen molar-refractivity contribution < 1.29 is 115 Å². The van der Waals surface area contributed by atoms with E-state index < -0.39 is 195 Å². The number of pyridine rings is 1. The molecule has 1 heterocycles. The molecule has 0 N–H and O–H groups in total. The molecule has 0 amide bonds. The molecule has 0 spiro atoms. The smallest absolute Gasteiger partial charge is 0.258 e. The van der Waals surface area contributed by atoms with Crippen LogP contribution >= 0.6 is 0 Å². The Labute approximate surface area is 414 Å². The molecule has 6 aromatic carbocycles. The standard InChI is InChI=1S/C32H12BF24.C16H13N2O2/c34-25(35,36)13-1-14(26(37,38)39)6-21(5-13)33(22-7-15(27(40,41)42)2-16(8-22)28(43,44)45,23-9-17(29(46,47)48)3-18(10-23)30(49,50)51)24-11-19(31(52,53)54)4-20(12-24)32(55,56)57;19-18(20)16-12-17(10-13-6-2-1-3-7-13)11-14-8-4-5-9-15(14)16/h1-12H;1-9,11-12H,10H2/q-1;+1. The number of benzene rings is 6. The molecular formula is C48H25BF24N2O2. The molecule has 0 saturated carbocycles. The fraction of sp³-hybridized carbons (Fsp3) is 0.188. The van der Waals surface area contributed by atoms with Crippen molar-refractivity contribution in [3.05, 3.63) is 200 Å². The van der Waals surface area contributed by atoms with Crippen LogP contribution in [-0.4, -0.2) is 11.1 Å². The van der Waals surface area contributed by atoms with E-state index in [0.717, 1.165) is 10.9 Å². The van der Waals surface area contributed by atoms with E-state index >= 15 is 0 Å². The van der Waals surface area contributed by atoms with Gasteiger partial charge in [0.15, 0.2) is 12.7 Å². The van der Waals surface area contributed by atoms with Crippen LogP contribution in [0.1, 0.15) is 50.1 Å². The van der Waals surface area contributed by atoms with Crippen LogP contribution in [0.15, 0.2) is 140 Å². The summed E-state index contributed by atoms with van der Waals surface area (Å²) in [6, 6.07) is 8.46. The molecule has 4 nitrogen and oxygen atoms in total. The summed E-state index contributed by atoms with van der Waals surface area (Å²) >= 11 is 0. The highest BCUT2D eigenvalue weighted by Gasteiger charge is 2.47. The van der Waals surface area contributed by atoms with Crippen LogP contribution < -0.4 is 26.4 Å². The maximum absolute atomic E-state index is 14.2. The van der Waals surface area contributed by atoms with Crippen molar-refractivity contribution in [1.82, 2.24) is 0 Å². The van der Waals surface area contributed by atoms with Crippen molar-refractivity contribution in [1.29, 1.82) is 0 Å². The zero-order chi connectivity index (χ0) is 57.9. The number of alkyl halides is 24. The summed E-state index contributed by atoms with van der Waals surface area (Å²) in [4.78, 5) is 10.9. The van der Waals surface area contributed by atoms with Gasteiger partial charge in [-0.1, -0.05) is 91.0 Å². The molecule has 77 heavy (non-hydrogen) atoms. The molecule has 0 atom stereocenters. The number of nitrogens with zero attached hydrogens (tertiary/aromatic N) is 2. The first-order valence-corrected chi connectivity index (χ1v) is 21.0. The van der Waals surface area contributed by atoms with E-state index in [9.17, 15) is 115 Å². The lowest BCUT2D eigenvalue weighted by Gasteiger charge is -2.46. The van der Waals surface area contributed by atoms with Gasteiger partial charge in [0.05, 0.1) is 60.2 Å². The maximum atomic E-state index is 14.2. The van der Waals surface area contributed by atoms with Crippen LogP contribution in [0.5, 0.6) is 0 Å². The van der Waals surface area contributed by atoms with E-state index in [2.05, 4.69) is 0 Å². The fourth-order valence-corrected chi connectivity index (χ4v) is 8.39. The summed E-state index contributed by atoms with van der Waals surface area (Å²) < 4.78 is 343. The van der Waals surface area contributed by atoms with Crippen LogP contribution in [0, 0.1) is 10.1 Å². The van der Waals surface area contributed by atoms with E-state index in [1.54, 1.807) is 12.3 Å². The van der Waals surface area contributed by atoms with E-state index in [-0.39, 0.29) is 10.6 Å². The second-order valence-electron chi connectivity index (χ2n) is 16.9. The van der Waals surface area contributed by atoms with Gasteiger partial charge in [0.1, 0.15) is 6.15 Å². The van der Waals surface area contributed by atoms with E-state index in [4.69, 9.17) is 0 Å². The quantitative estimate of drug-likeness (QED) is 0.0525. The topological polar surface area (TPSA) is 47.0 Å². The van der Waals surface area contributed by atoms with Gasteiger partial charge in [0.25, 0.3) is 0 Å². The number of hydrogen-bond donors (Lipinski definition) is 0. The summed E-state index contributed by atoms with van der Waals surface area (Å²) in [5.74, 6) is 0. The Morgan fingerprint density at radius 2 is 0.623 bits per heavy atom. The number of nitro groups is 1. The van der Waals surface area contributed by atoms with Gasteiger partial charge in [-0.2, -0.15) is 132 Å². The van der Waals surface area contributed by atoms with Crippen molar-refractivity contribution in [3.63, 3.8) is 0 Å². The van der Waals surface area contributed by atoms with Gasteiger partial charge in [-0.15, -0.1) is 0 Å². The Kier molecular flexibility index (Phi) is 15.4. The molecule has 0 aliphatic carbocycles. The molecule has 29 heteroatoms. The molecule has 7 rings (SSSR count). The van der Waals surface area contributed by atoms with E-state index in [1.165, 1.54) is 0 Å². The molecule has 0 aliphatic rings. The maximum Gasteiger partial charge on any atom is 0.416 e. The van der Waals surface area contributed by atoms with Gasteiger partial charge in [0.2, 0.25) is 6.20 Å². The van der Waals surface area contributed by atoms with Crippen molar-refractivity contribution in [2.45, 2.75) is 56.0 Å². The van der Waals surface area contributed by atoms with Crippen molar-refractivity contribution in [3.8, 4) is 0 Å². The number of halogens is 24. The summed E-state index contributed by atoms with van der Waals surface area (Å²) in [6.07, 6.45) is -51.3. The van der Waals surface area contributed by atoms with Gasteiger partial charge >= 0.3 is 55.1 Å². The molecule has 0 saturated heterocycles. The molecule has 0 bridgehead atoms. The fourth-order valence-electron chi connectivity index (χ4n) is 8.39. The summed E-state index contributed by atoms with van der Waals surface area (Å²) in [5, 5.41) is 12.8. The number of fused-ring (bicyclic) bond motifs is 1. The summed E-state index contributed by atoms with van der Waals surface area (Å²) in [7, 11) is 0. The second kappa shape index (κ2) is 20.1. The molecule has 410 valence electrons. The Bertz CT molecular complexity index is 2880. The van der Waals surface area contributed by atoms with Crippen LogP contribution in [0.25, 0.3) is 10.8 Å². The third-order valence-electron chi connectivity index (χ3n) is 11.7. The van der Waals surface area contributed by atoms with Crippen LogP contribution in [0.2, 0.25) is 0 Å². The first-order chi connectivity index (χ1) is 35.0. The first kappa shape index (κ1) is 58.8. The molecule has 1 aromatic heterocycles. The first-order valence-electron chi connectivity index (χ1n) is 21.0. The molecule has 0 fully saturated rings. The summed E-state index contributed by atoms with van der Waals surface area (Å²) in [5.41, 5.74) is -29.0. The number of hydrogen-bond acceptors (Lipinski definition) is 2. The Morgan fingerprint density at radius 3 is 0.883 bits per heavy atom. The predicted octanol–water partition coefficient (Wildman–Crippen LogP) is 14.3. The minimum absolute atomic E-state index is 0.138. The average molecular weight is 1130 g/mol. The zero-order valence-corrected chi connectivity index (χ0v) is 37.3. The minimum atomic E-state index is -6.13. The zero-order valence-electron chi connectivity index (χ0n) is 37.3. The highest BCUT2D eigenvalue weighted by atomic mass is 19.4. The van der Waals surface area contributed by atoms with Crippen molar-refractivity contribution >= 4 is 44.5 Å². The SMILES string of the molecule is FC(F)(F)c1cc([B-](c2cc(C(F)(F)F)cc(C(F)(F)F)c2)(c2cc(C(F)(F)F)cc(C(F)(F)F)c2)c2cc(C(F)(F)F)cc(C(F)(F)F)c2)cc(C(F)(F)F)c1.O=[N+]([O-])c1c[n+](Cc2ccccc2)cc2ccccc12. The van der Waals surface area contributed by atoms with Crippen LogP contribution in [0.4, 0.5) is 111 Å². The molecule has 0 unspecified atom stereocenters. The molecule has 0 aliphatic heterocycles. The third-order valence-corrected chi connectivity index (χ3v) is 11.7. The lowest BCUT2D eigenvalue weighted by molar-refractivity contribution is -0.689. The highest BCUT2D eigenvalue weighted by Crippen LogP contribution is 2.41. The minimum Gasteiger partial charge on any atom is -0.258 e. The predicted molar refractivity (Wildman–Crippen MR) is 226 cm³/mol. The van der Waals surface area contributed by atoms with Gasteiger partial charge < -0.3 is 0 Å². The number of aromatic nitrogens is 1. The Hall–Kier alpha value is -7.49. The van der Waals surface area contributed by atoms with Crippen molar-refractivity contribution in [2.75, 3.05) is 0 Å². The Balaban J connectivity index is 0.000000397. The highest BCUT2D eigenvalue weighted by molar-refractivity contribution is 7.20. The third kappa shape index (κ3) is 13.2. The van der Waals surface area contributed by atoms with Crippen LogP contribution in [-0.2, 0) is 56.0 Å². The molecule has 7 aromatic rings. The molecule has 0 radical (unpaired) electrons. The van der Waals surface area contributed by atoms with Gasteiger partial charge in [-0.05, 0) is 36.4 Å². The van der Waals surface area contributed by atoms with E-state index in [1.807, 2.05) is 59.3 Å². The molecular weight excluding hydrogens is 1100 g/mol. The number of rotatable bonds is 7. The lowest BCUT2D eigenvalue weighted by Crippen LogP contribution is -2.75. The normalized spacial score (nSPS) is 13.4. The van der Waals surface area contributed by atoms with Gasteiger partial charge in [-0.3, -0.25) is 10.1 Å². The monoisotopic (exact) mass is 1130 g/mol. The van der Waals surface area contributed by atoms with Gasteiger partial charge in [0, 0.05) is 5.56 Å². The Morgan fingerprint density at radius 1 is 0.364 bits per heavy atom. The second-order valence-corrected chi connectivity index (χ2v) is 16.9. The van der Waals surface area contributed by atoms with Crippen LogP contribution in [0.3, 0.4) is 0 Å². The summed E-state index contributed by atoms with van der Waals surface area (Å²) in [6.45, 7) is 0.618. The largest absolute Gasteiger partial charge is 0.416 e.